The first-order chi connectivity index (χ1) is 18.0. The molecule has 0 saturated carbocycles. The Morgan fingerprint density at radius 3 is 2.25 bits per heavy atom. The second kappa shape index (κ2) is 15.2. The van der Waals surface area contributed by atoms with Gasteiger partial charge in [-0.25, -0.2) is 14.8 Å². The molecular formula is C25H26Cl2N7NaO5. The van der Waals surface area contributed by atoms with Crippen molar-refractivity contribution in [1.29, 1.82) is 0 Å². The fourth-order valence-electron chi connectivity index (χ4n) is 3.58. The molecule has 2 aromatic heterocycles. The van der Waals surface area contributed by atoms with E-state index >= 15 is 0 Å². The van der Waals surface area contributed by atoms with Gasteiger partial charge in [-0.3, -0.25) is 9.59 Å². The molecule has 0 bridgehead atoms. The van der Waals surface area contributed by atoms with E-state index in [1.165, 1.54) is 6.92 Å². The Morgan fingerprint density at radius 2 is 1.65 bits per heavy atom. The number of fused-ring (bicyclic) bond motifs is 1. The number of aromatic nitrogens is 2. The first-order valence-corrected chi connectivity index (χ1v) is 11.4. The average Bonchev–Trinajstić information content (AvgIpc) is 2.86. The van der Waals surface area contributed by atoms with E-state index in [4.69, 9.17) is 39.0 Å². The molecule has 0 spiro atoms. The van der Waals surface area contributed by atoms with Gasteiger partial charge in [0.05, 0.1) is 10.9 Å². The van der Waals surface area contributed by atoms with Gasteiger partial charge in [-0.1, -0.05) is 54.1 Å². The van der Waals surface area contributed by atoms with Crippen LogP contribution in [0.3, 0.4) is 0 Å². The molecule has 40 heavy (non-hydrogen) atoms. The number of amides is 1. The molecule has 2 heterocycles. The Bertz CT molecular complexity index is 1600. The molecule has 0 saturated heterocycles. The zero-order chi connectivity index (χ0) is 28.0. The molecule has 0 fully saturated rings. The van der Waals surface area contributed by atoms with Crippen molar-refractivity contribution < 1.29 is 50.1 Å². The number of nitrogens with two attached hydrogens (primary N) is 4. The second-order valence-electron chi connectivity index (χ2n) is 7.99. The number of carbonyl (C=O) groups is 2. The molecule has 0 aliphatic heterocycles. The Morgan fingerprint density at radius 1 is 1.05 bits per heavy atom. The first-order valence-electron chi connectivity index (χ1n) is 11.0. The van der Waals surface area contributed by atoms with Gasteiger partial charge in [0.2, 0.25) is 0 Å². The number of guanidine groups is 1. The topological polar surface area (TPSA) is 227 Å². The number of para-hydroxylation sites is 1. The van der Waals surface area contributed by atoms with Crippen molar-refractivity contribution in [2.45, 2.75) is 19.3 Å². The fraction of sp³-hybridized carbons (Fsp3) is 0.120. The number of benzene rings is 2. The van der Waals surface area contributed by atoms with Crippen molar-refractivity contribution >= 4 is 64.3 Å². The van der Waals surface area contributed by atoms with E-state index in [-0.39, 0.29) is 89.4 Å². The van der Waals surface area contributed by atoms with Crippen LogP contribution in [-0.4, -0.2) is 32.7 Å². The van der Waals surface area contributed by atoms with Crippen LogP contribution in [0.1, 0.15) is 42.3 Å². The summed E-state index contributed by atoms with van der Waals surface area (Å²) in [6.07, 6.45) is 0.126. The van der Waals surface area contributed by atoms with Crippen molar-refractivity contribution in [3.8, 4) is 5.75 Å². The van der Waals surface area contributed by atoms with Crippen LogP contribution < -0.4 is 58.1 Å². The van der Waals surface area contributed by atoms with Gasteiger partial charge in [0.25, 0.3) is 0 Å². The van der Waals surface area contributed by atoms with Crippen LogP contribution in [0.4, 0.5) is 11.6 Å². The average molecular weight is 598 g/mol. The fourth-order valence-corrected chi connectivity index (χ4v) is 3.71. The third-order valence-corrected chi connectivity index (χ3v) is 5.48. The van der Waals surface area contributed by atoms with Crippen LogP contribution in [0.2, 0.25) is 5.15 Å². The summed E-state index contributed by atoms with van der Waals surface area (Å²) >= 11 is 5.55. The summed E-state index contributed by atoms with van der Waals surface area (Å²) in [5.41, 5.74) is 21.1. The van der Waals surface area contributed by atoms with Gasteiger partial charge in [0, 0.05) is 12.3 Å². The maximum atomic E-state index is 12.4. The molecule has 206 valence electrons. The number of anilines is 2. The largest absolute Gasteiger partial charge is 1.00 e. The summed E-state index contributed by atoms with van der Waals surface area (Å²) in [4.78, 5) is 45.8. The monoisotopic (exact) mass is 597 g/mol. The molecule has 1 atom stereocenters. The number of nitrogens with zero attached hydrogens (tertiary/aromatic N) is 3. The van der Waals surface area contributed by atoms with E-state index in [9.17, 15) is 19.5 Å². The number of ketones is 1. The maximum Gasteiger partial charge on any atom is 1.00 e. The maximum absolute atomic E-state index is 12.4. The third-order valence-electron chi connectivity index (χ3n) is 5.20. The molecule has 15 heteroatoms. The molecule has 0 aliphatic rings. The Labute approximate surface area is 263 Å². The number of hydrogen-bond acceptors (Lipinski definition) is 9. The van der Waals surface area contributed by atoms with Gasteiger partial charge < -0.3 is 33.9 Å². The van der Waals surface area contributed by atoms with Crippen LogP contribution in [0.25, 0.3) is 11.0 Å². The van der Waals surface area contributed by atoms with Crippen molar-refractivity contribution in [3.05, 3.63) is 87.0 Å². The van der Waals surface area contributed by atoms with Crippen LogP contribution in [0.15, 0.2) is 68.8 Å². The minimum Gasteiger partial charge on any atom is -1.00 e. The van der Waals surface area contributed by atoms with Crippen LogP contribution in [-0.2, 0) is 4.79 Å². The van der Waals surface area contributed by atoms with Gasteiger partial charge in [-0.05, 0) is 24.6 Å². The van der Waals surface area contributed by atoms with Gasteiger partial charge in [-0.2, -0.15) is 4.99 Å². The van der Waals surface area contributed by atoms with Crippen molar-refractivity contribution in [2.75, 3.05) is 11.5 Å². The number of aromatic hydroxyl groups is 1. The summed E-state index contributed by atoms with van der Waals surface area (Å²) in [6.45, 7) is 1.47. The van der Waals surface area contributed by atoms with Crippen LogP contribution in [0.5, 0.6) is 5.75 Å². The zero-order valence-electron chi connectivity index (χ0n) is 22.5. The number of carbonyl (C=O) groups excluding carboxylic acids is 2. The number of Topliss-reactive ketones (excluding diaryl/α,β-unsaturated/α-hetero) is 1. The molecular weight excluding hydrogens is 572 g/mol. The molecule has 0 aliphatic carbocycles. The molecule has 4 rings (SSSR count). The van der Waals surface area contributed by atoms with Crippen LogP contribution in [0, 0.1) is 0 Å². The second-order valence-corrected chi connectivity index (χ2v) is 8.35. The van der Waals surface area contributed by atoms with E-state index in [1.807, 2.05) is 30.3 Å². The SMILES string of the molecule is CC(=O)CC(c1ccccc1)c1c(O)c2ccccc2oc1=O.Cl.NC(N)=NC(=O)c1nc(Cl)c(N)nc1N.[H-].[Na+]. The third kappa shape index (κ3) is 8.41. The molecule has 1 amide bonds. The van der Waals surface area contributed by atoms with Gasteiger partial charge in [-0.15, -0.1) is 12.4 Å². The predicted molar refractivity (Wildman–Crippen MR) is 152 cm³/mol. The Balaban J connectivity index is 0.000000786. The van der Waals surface area contributed by atoms with Crippen LogP contribution >= 0.6 is 24.0 Å². The standard InChI is InChI=1S/C19H16O4.C6H8ClN7O.ClH.Na.H/c1-12(20)11-15(13-7-3-2-4-8-13)17-18(21)14-9-5-6-10-16(14)23-19(17)22;7-2-4(9)13-3(8)1(12-2)5(15)14-6(10)11;;;/h2-10,15,21H,11H2,1H3;(H4,8,9,13)(H4,10,11,14,15);1H;;/q;;;+1;-1. The van der Waals surface area contributed by atoms with Crippen molar-refractivity contribution in [3.63, 3.8) is 0 Å². The molecule has 12 nitrogen and oxygen atoms in total. The number of nitrogen functional groups attached to an aromatic ring is 2. The molecule has 4 aromatic rings. The predicted octanol–water partition coefficient (Wildman–Crippen LogP) is -0.144. The minimum absolute atomic E-state index is 0. The molecule has 1 unspecified atom stereocenters. The molecule has 2 aromatic carbocycles. The number of rotatable bonds is 5. The summed E-state index contributed by atoms with van der Waals surface area (Å²) < 4.78 is 5.33. The number of aliphatic imine (C=N–C) groups is 1. The number of hydrogen-bond donors (Lipinski definition) is 5. The zero-order valence-corrected chi connectivity index (χ0v) is 25.1. The summed E-state index contributed by atoms with van der Waals surface area (Å²) in [7, 11) is 0. The smallest absolute Gasteiger partial charge is 1.00 e. The van der Waals surface area contributed by atoms with E-state index < -0.39 is 23.4 Å². The summed E-state index contributed by atoms with van der Waals surface area (Å²) in [5, 5.41) is 10.9. The summed E-state index contributed by atoms with van der Waals surface area (Å²) in [6, 6.07) is 16.0. The quantitative estimate of drug-likeness (QED) is 0.0879. The molecule has 9 N–H and O–H groups in total. The number of halogens is 2. The molecule has 0 radical (unpaired) electrons. The normalized spacial score (nSPS) is 10.7. The van der Waals surface area contributed by atoms with E-state index in [2.05, 4.69) is 15.0 Å². The van der Waals surface area contributed by atoms with E-state index in [0.29, 0.717) is 11.0 Å². The van der Waals surface area contributed by atoms with E-state index in [0.717, 1.165) is 5.56 Å². The van der Waals surface area contributed by atoms with Gasteiger partial charge in [0.1, 0.15) is 17.1 Å². The van der Waals surface area contributed by atoms with Gasteiger partial charge >= 0.3 is 41.1 Å². The minimum atomic E-state index is -0.832. The van der Waals surface area contributed by atoms with Crippen molar-refractivity contribution in [2.24, 2.45) is 16.5 Å². The summed E-state index contributed by atoms with van der Waals surface area (Å²) in [5.74, 6) is -2.22. The van der Waals surface area contributed by atoms with E-state index in [1.54, 1.807) is 24.3 Å². The van der Waals surface area contributed by atoms with Gasteiger partial charge in [0.15, 0.2) is 28.4 Å². The van der Waals surface area contributed by atoms with Crippen molar-refractivity contribution in [1.82, 2.24) is 9.97 Å². The Kier molecular flexibility index (Phi) is 13.1. The first kappa shape index (κ1) is 34.3. The Hall–Kier alpha value is -3.68.